The zero-order chi connectivity index (χ0) is 11.3. The molecule has 0 radical (unpaired) electrons. The first kappa shape index (κ1) is 12.4. The maximum atomic E-state index is 13.3. The van der Waals surface area contributed by atoms with Crippen molar-refractivity contribution in [2.45, 2.75) is 44.6 Å². The van der Waals surface area contributed by atoms with Crippen LogP contribution in [0.2, 0.25) is 0 Å². The van der Waals surface area contributed by atoms with Crippen LogP contribution in [0.5, 0.6) is 0 Å². The van der Waals surface area contributed by atoms with Crippen molar-refractivity contribution in [2.75, 3.05) is 13.1 Å². The summed E-state index contributed by atoms with van der Waals surface area (Å²) in [6.07, 6.45) is 2.41. The second-order valence-electron chi connectivity index (χ2n) is 3.96. The fraction of sp³-hybridized carbons (Fsp3) is 0.900. The summed E-state index contributed by atoms with van der Waals surface area (Å²) in [5, 5.41) is 8.39. The van der Waals surface area contributed by atoms with Crippen LogP contribution in [0.4, 0.5) is 8.78 Å². The number of unbranched alkanes of at least 4 members (excludes halogenated alkanes) is 1. The predicted molar refractivity (Wildman–Crippen MR) is 51.9 cm³/mol. The molecule has 0 aromatic heterocycles. The van der Waals surface area contributed by atoms with E-state index in [-0.39, 0.29) is 12.8 Å². The molecule has 0 aromatic rings. The molecule has 0 saturated carbocycles. The molecule has 1 aliphatic rings. The topological polar surface area (TPSA) is 40.5 Å². The van der Waals surface area contributed by atoms with Crippen molar-refractivity contribution >= 4 is 5.97 Å². The Balaban J connectivity index is 2.21. The van der Waals surface area contributed by atoms with E-state index in [9.17, 15) is 13.6 Å². The highest BCUT2D eigenvalue weighted by Crippen LogP contribution is 2.30. The molecule has 15 heavy (non-hydrogen) atoms. The summed E-state index contributed by atoms with van der Waals surface area (Å²) in [5.41, 5.74) is 0. The molecular weight excluding hydrogens is 204 g/mol. The average Bonchev–Trinajstić information content (AvgIpc) is 2.13. The SMILES string of the molecule is O=C(O)CCCCN1CCCCC1(F)F. The van der Waals surface area contributed by atoms with Gasteiger partial charge in [0.15, 0.2) is 0 Å². The van der Waals surface area contributed by atoms with Crippen LogP contribution >= 0.6 is 0 Å². The molecule has 5 heteroatoms. The van der Waals surface area contributed by atoms with Crippen LogP contribution in [0.15, 0.2) is 0 Å². The zero-order valence-corrected chi connectivity index (χ0v) is 8.72. The van der Waals surface area contributed by atoms with Gasteiger partial charge in [-0.25, -0.2) is 4.90 Å². The molecule has 0 atom stereocenters. The molecule has 0 spiro atoms. The molecule has 1 N–H and O–H groups in total. The van der Waals surface area contributed by atoms with Gasteiger partial charge in [-0.15, -0.1) is 0 Å². The van der Waals surface area contributed by atoms with Gasteiger partial charge in [-0.1, -0.05) is 0 Å². The van der Waals surface area contributed by atoms with Gasteiger partial charge in [0.05, 0.1) is 0 Å². The Kier molecular flexibility index (Phi) is 4.45. The number of hydrogen-bond acceptors (Lipinski definition) is 2. The summed E-state index contributed by atoms with van der Waals surface area (Å²) in [5.74, 6) is -0.861. The van der Waals surface area contributed by atoms with E-state index in [2.05, 4.69) is 0 Å². The fourth-order valence-electron chi connectivity index (χ4n) is 1.82. The average molecular weight is 221 g/mol. The second kappa shape index (κ2) is 5.39. The molecule has 1 aliphatic heterocycles. The number of piperidine rings is 1. The third kappa shape index (κ3) is 4.11. The number of carboxylic acid groups (broad SMARTS) is 1. The smallest absolute Gasteiger partial charge is 0.304 e. The summed E-state index contributed by atoms with van der Waals surface area (Å²) in [4.78, 5) is 11.4. The van der Waals surface area contributed by atoms with Crippen molar-refractivity contribution in [2.24, 2.45) is 0 Å². The van der Waals surface area contributed by atoms with Crippen LogP contribution in [0.25, 0.3) is 0 Å². The molecule has 0 amide bonds. The van der Waals surface area contributed by atoms with Crippen molar-refractivity contribution < 1.29 is 18.7 Å². The van der Waals surface area contributed by atoms with Gasteiger partial charge in [0.2, 0.25) is 0 Å². The van der Waals surface area contributed by atoms with Crippen LogP contribution in [-0.4, -0.2) is 35.1 Å². The number of halogens is 2. The minimum absolute atomic E-state index is 0.0636. The Bertz CT molecular complexity index is 221. The van der Waals surface area contributed by atoms with Crippen LogP contribution < -0.4 is 0 Å². The maximum absolute atomic E-state index is 13.3. The molecule has 88 valence electrons. The van der Waals surface area contributed by atoms with Crippen molar-refractivity contribution in [3.05, 3.63) is 0 Å². The molecule has 1 saturated heterocycles. The van der Waals surface area contributed by atoms with Crippen LogP contribution in [0.1, 0.15) is 38.5 Å². The largest absolute Gasteiger partial charge is 0.481 e. The first-order chi connectivity index (χ1) is 7.02. The third-order valence-electron chi connectivity index (χ3n) is 2.69. The van der Waals surface area contributed by atoms with E-state index in [1.807, 2.05) is 0 Å². The quantitative estimate of drug-likeness (QED) is 0.572. The molecule has 1 heterocycles. The lowest BCUT2D eigenvalue weighted by Gasteiger charge is -2.35. The number of likely N-dealkylation sites (tertiary alicyclic amines) is 1. The summed E-state index contributed by atoms with van der Waals surface area (Å²) < 4.78 is 26.5. The number of carbonyl (C=O) groups is 1. The maximum Gasteiger partial charge on any atom is 0.304 e. The lowest BCUT2D eigenvalue weighted by molar-refractivity contribution is -0.167. The van der Waals surface area contributed by atoms with Gasteiger partial charge in [0.25, 0.3) is 0 Å². The van der Waals surface area contributed by atoms with Crippen molar-refractivity contribution in [3.63, 3.8) is 0 Å². The standard InChI is InChI=1S/C10H17F2NO2/c11-10(12)6-2-4-8-13(10)7-3-1-5-9(14)15/h1-8H2,(H,14,15). The van der Waals surface area contributed by atoms with Gasteiger partial charge in [0.1, 0.15) is 0 Å². The minimum Gasteiger partial charge on any atom is -0.481 e. The number of hydrogen-bond donors (Lipinski definition) is 1. The van der Waals surface area contributed by atoms with Crippen LogP contribution in [0.3, 0.4) is 0 Å². The molecule has 3 nitrogen and oxygen atoms in total. The van der Waals surface area contributed by atoms with E-state index >= 15 is 0 Å². The highest BCUT2D eigenvalue weighted by Gasteiger charge is 2.38. The van der Waals surface area contributed by atoms with E-state index in [4.69, 9.17) is 5.11 Å². The summed E-state index contributed by atoms with van der Waals surface area (Å²) >= 11 is 0. The number of carboxylic acids is 1. The Morgan fingerprint density at radius 1 is 1.33 bits per heavy atom. The fourth-order valence-corrected chi connectivity index (χ4v) is 1.82. The van der Waals surface area contributed by atoms with E-state index in [1.165, 1.54) is 4.90 Å². The van der Waals surface area contributed by atoms with Crippen molar-refractivity contribution in [3.8, 4) is 0 Å². The third-order valence-corrected chi connectivity index (χ3v) is 2.69. The summed E-state index contributed by atoms with van der Waals surface area (Å²) in [7, 11) is 0. The van der Waals surface area contributed by atoms with Gasteiger partial charge < -0.3 is 5.11 Å². The van der Waals surface area contributed by atoms with Crippen molar-refractivity contribution in [1.29, 1.82) is 0 Å². The lowest BCUT2D eigenvalue weighted by Crippen LogP contribution is -2.45. The minimum atomic E-state index is -2.68. The Hall–Kier alpha value is -0.710. The molecule has 1 fully saturated rings. The summed E-state index contributed by atoms with van der Waals surface area (Å²) in [6.45, 7) is 0.736. The van der Waals surface area contributed by atoms with Gasteiger partial charge in [0, 0.05) is 25.9 Å². The molecule has 1 rings (SSSR count). The monoisotopic (exact) mass is 221 g/mol. The van der Waals surface area contributed by atoms with E-state index in [0.29, 0.717) is 32.4 Å². The molecule has 0 aromatic carbocycles. The Morgan fingerprint density at radius 2 is 2.07 bits per heavy atom. The van der Waals surface area contributed by atoms with Gasteiger partial charge in [-0.3, -0.25) is 4.79 Å². The van der Waals surface area contributed by atoms with Crippen LogP contribution in [0, 0.1) is 0 Å². The second-order valence-corrected chi connectivity index (χ2v) is 3.96. The molecule has 0 unspecified atom stereocenters. The Morgan fingerprint density at radius 3 is 2.67 bits per heavy atom. The van der Waals surface area contributed by atoms with Crippen molar-refractivity contribution in [1.82, 2.24) is 4.90 Å². The highest BCUT2D eigenvalue weighted by molar-refractivity contribution is 5.66. The number of aliphatic carboxylic acids is 1. The van der Waals surface area contributed by atoms with E-state index < -0.39 is 12.0 Å². The van der Waals surface area contributed by atoms with Crippen LogP contribution in [-0.2, 0) is 4.79 Å². The first-order valence-electron chi connectivity index (χ1n) is 5.37. The van der Waals surface area contributed by atoms with E-state index in [0.717, 1.165) is 6.42 Å². The van der Waals surface area contributed by atoms with Gasteiger partial charge in [-0.05, 0) is 25.7 Å². The summed E-state index contributed by atoms with van der Waals surface area (Å²) in [6, 6.07) is -2.68. The normalized spacial score (nSPS) is 21.5. The molecular formula is C10H17F2NO2. The predicted octanol–water partition coefficient (Wildman–Crippen LogP) is 2.32. The first-order valence-corrected chi connectivity index (χ1v) is 5.37. The zero-order valence-electron chi connectivity index (χ0n) is 8.72. The number of rotatable bonds is 5. The highest BCUT2D eigenvalue weighted by atomic mass is 19.3. The van der Waals surface area contributed by atoms with Gasteiger partial charge in [-0.2, -0.15) is 8.78 Å². The number of alkyl halides is 2. The van der Waals surface area contributed by atoms with Gasteiger partial charge >= 0.3 is 12.0 Å². The van der Waals surface area contributed by atoms with E-state index in [1.54, 1.807) is 0 Å². The Labute approximate surface area is 88.1 Å². The molecule has 0 aliphatic carbocycles. The number of nitrogens with zero attached hydrogens (tertiary/aromatic N) is 1. The molecule has 0 bridgehead atoms. The lowest BCUT2D eigenvalue weighted by atomic mass is 10.1.